The van der Waals surface area contributed by atoms with E-state index in [1.165, 1.54) is 44.9 Å². The largest absolute Gasteiger partial charge is 0.481 e. The zero-order valence-electron chi connectivity index (χ0n) is 20.1. The van der Waals surface area contributed by atoms with E-state index >= 15 is 0 Å². The second-order valence-corrected chi connectivity index (χ2v) is 10.9. The van der Waals surface area contributed by atoms with Crippen LogP contribution in [0.4, 0.5) is 0 Å². The van der Waals surface area contributed by atoms with Crippen molar-refractivity contribution in [3.63, 3.8) is 0 Å². The third-order valence-electron chi connectivity index (χ3n) is 7.98. The van der Waals surface area contributed by atoms with Gasteiger partial charge < -0.3 is 20.1 Å². The van der Waals surface area contributed by atoms with E-state index in [-0.39, 0.29) is 17.7 Å². The number of carbonyl (C=O) groups excluding carboxylic acids is 2. The Kier molecular flexibility index (Phi) is 8.59. The van der Waals surface area contributed by atoms with E-state index in [9.17, 15) is 19.5 Å². The summed E-state index contributed by atoms with van der Waals surface area (Å²) >= 11 is 0. The molecule has 7 nitrogen and oxygen atoms in total. The minimum atomic E-state index is -0.799. The Labute approximate surface area is 192 Å². The molecule has 2 atom stereocenters. The molecule has 2 aliphatic carbocycles. The molecule has 0 bridgehead atoms. The number of carboxylic acids is 1. The van der Waals surface area contributed by atoms with Crippen molar-refractivity contribution in [2.75, 3.05) is 19.7 Å². The van der Waals surface area contributed by atoms with Crippen LogP contribution in [0.25, 0.3) is 0 Å². The Morgan fingerprint density at radius 3 is 2.16 bits per heavy atom. The lowest BCUT2D eigenvalue weighted by molar-refractivity contribution is -0.148. The van der Waals surface area contributed by atoms with E-state index < -0.39 is 24.0 Å². The molecule has 3 aliphatic rings. The average molecular weight is 451 g/mol. The van der Waals surface area contributed by atoms with Crippen molar-refractivity contribution in [3.05, 3.63) is 0 Å². The molecule has 32 heavy (non-hydrogen) atoms. The molecule has 182 valence electrons. The van der Waals surface area contributed by atoms with Crippen LogP contribution in [0.3, 0.4) is 0 Å². The van der Waals surface area contributed by atoms with E-state index in [0.717, 1.165) is 0 Å². The number of ether oxygens (including phenoxy) is 1. The van der Waals surface area contributed by atoms with Crippen LogP contribution in [0, 0.1) is 23.2 Å². The van der Waals surface area contributed by atoms with Crippen LogP contribution >= 0.6 is 0 Å². The maximum absolute atomic E-state index is 13.3. The van der Waals surface area contributed by atoms with E-state index in [0.29, 0.717) is 50.3 Å². The predicted octanol–water partition coefficient (Wildman–Crippen LogP) is 3.61. The van der Waals surface area contributed by atoms with Crippen molar-refractivity contribution in [3.8, 4) is 0 Å². The highest BCUT2D eigenvalue weighted by Gasteiger charge is 2.40. The van der Waals surface area contributed by atoms with E-state index in [2.05, 4.69) is 5.32 Å². The molecule has 1 spiro atoms. The van der Waals surface area contributed by atoms with Gasteiger partial charge in [0.2, 0.25) is 11.8 Å². The summed E-state index contributed by atoms with van der Waals surface area (Å²) in [4.78, 5) is 38.7. The van der Waals surface area contributed by atoms with Crippen molar-refractivity contribution >= 4 is 17.8 Å². The number of piperidine rings is 1. The van der Waals surface area contributed by atoms with Gasteiger partial charge in [0.1, 0.15) is 6.04 Å². The van der Waals surface area contributed by atoms with Crippen molar-refractivity contribution in [1.29, 1.82) is 0 Å². The van der Waals surface area contributed by atoms with Crippen molar-refractivity contribution in [2.45, 2.75) is 97.1 Å². The van der Waals surface area contributed by atoms with Crippen LogP contribution in [-0.4, -0.2) is 59.6 Å². The zero-order valence-corrected chi connectivity index (χ0v) is 20.1. The van der Waals surface area contributed by atoms with Crippen molar-refractivity contribution < 1.29 is 24.2 Å². The van der Waals surface area contributed by atoms with Gasteiger partial charge in [0, 0.05) is 26.1 Å². The van der Waals surface area contributed by atoms with Gasteiger partial charge in [-0.1, -0.05) is 20.3 Å². The molecule has 1 heterocycles. The molecule has 2 amide bonds. The smallest absolute Gasteiger partial charge is 0.306 e. The number of rotatable bonds is 9. The summed E-state index contributed by atoms with van der Waals surface area (Å²) in [5.41, 5.74) is 0.619. The molecule has 2 unspecified atom stereocenters. The Morgan fingerprint density at radius 1 is 1.03 bits per heavy atom. The molecule has 1 saturated heterocycles. The summed E-state index contributed by atoms with van der Waals surface area (Å²) in [6.07, 6.45) is 9.95. The van der Waals surface area contributed by atoms with Gasteiger partial charge in [-0.2, -0.15) is 0 Å². The van der Waals surface area contributed by atoms with Gasteiger partial charge >= 0.3 is 5.97 Å². The highest BCUT2D eigenvalue weighted by molar-refractivity contribution is 5.88. The van der Waals surface area contributed by atoms with Gasteiger partial charge in [-0.25, -0.2) is 0 Å². The molecule has 2 saturated carbocycles. The quantitative estimate of drug-likeness (QED) is 0.559. The van der Waals surface area contributed by atoms with E-state index in [4.69, 9.17) is 4.74 Å². The zero-order chi connectivity index (χ0) is 23.3. The number of carboxylic acid groups (broad SMARTS) is 1. The number of nitrogens with zero attached hydrogens (tertiary/aromatic N) is 1. The first-order valence-electron chi connectivity index (χ1n) is 12.6. The Hall–Kier alpha value is -1.63. The third-order valence-corrected chi connectivity index (χ3v) is 7.98. The molecular formula is C25H42N2O5. The van der Waals surface area contributed by atoms with Crippen molar-refractivity contribution in [1.82, 2.24) is 10.2 Å². The number of hydrogen-bond donors (Lipinski definition) is 2. The van der Waals surface area contributed by atoms with Crippen LogP contribution in [0.2, 0.25) is 0 Å². The highest BCUT2D eigenvalue weighted by atomic mass is 16.5. The summed E-state index contributed by atoms with van der Waals surface area (Å²) in [6, 6.07) is -0.732. The molecular weight excluding hydrogens is 408 g/mol. The third kappa shape index (κ3) is 6.46. The van der Waals surface area contributed by atoms with Crippen LogP contribution in [0.1, 0.15) is 85.0 Å². The maximum Gasteiger partial charge on any atom is 0.306 e. The minimum absolute atomic E-state index is 0.140. The summed E-state index contributed by atoms with van der Waals surface area (Å²) in [5.74, 6) is -0.764. The van der Waals surface area contributed by atoms with Gasteiger partial charge in [0.15, 0.2) is 0 Å². The number of nitrogens with one attached hydrogen (secondary N) is 1. The first kappa shape index (κ1) is 25.0. The van der Waals surface area contributed by atoms with Gasteiger partial charge in [-0.05, 0) is 75.5 Å². The fraction of sp³-hybridized carbons (Fsp3) is 0.880. The monoisotopic (exact) mass is 450 g/mol. The summed E-state index contributed by atoms with van der Waals surface area (Å²) in [5, 5.41) is 12.2. The molecule has 1 aliphatic heterocycles. The van der Waals surface area contributed by atoms with Crippen LogP contribution in [0.15, 0.2) is 0 Å². The molecule has 0 aromatic rings. The SMILES string of the molecule is CC(C)CC(=O)NC(C(=O)N1CCC(C(=O)O)CC1)C(C)OCC1CCC2(CCC2)CC1. The second-order valence-electron chi connectivity index (χ2n) is 10.9. The first-order valence-corrected chi connectivity index (χ1v) is 12.6. The standard InChI is InChI=1S/C25H42N2O5/c1-17(2)15-21(28)26-22(23(29)27-13-7-20(8-14-27)24(30)31)18(3)32-16-19-5-11-25(12-6-19)9-4-10-25/h17-20,22H,4-16H2,1-3H3,(H,26,28)(H,30,31). The molecule has 3 fully saturated rings. The summed E-state index contributed by atoms with van der Waals surface area (Å²) in [6.45, 7) is 7.27. The second kappa shape index (κ2) is 11.0. The van der Waals surface area contributed by atoms with E-state index in [1.807, 2.05) is 20.8 Å². The number of carbonyl (C=O) groups is 3. The Bertz CT molecular complexity index is 657. The van der Waals surface area contributed by atoms with Crippen LogP contribution < -0.4 is 5.32 Å². The Morgan fingerprint density at radius 2 is 1.66 bits per heavy atom. The van der Waals surface area contributed by atoms with E-state index in [1.54, 1.807) is 4.90 Å². The first-order chi connectivity index (χ1) is 15.2. The number of amides is 2. The molecule has 0 aromatic carbocycles. The molecule has 0 radical (unpaired) electrons. The van der Waals surface area contributed by atoms with Gasteiger partial charge in [0.05, 0.1) is 12.0 Å². The number of hydrogen-bond acceptors (Lipinski definition) is 4. The number of likely N-dealkylation sites (tertiary alicyclic amines) is 1. The molecule has 3 rings (SSSR count). The normalized spacial score (nSPS) is 23.6. The maximum atomic E-state index is 13.3. The fourth-order valence-corrected chi connectivity index (χ4v) is 5.54. The lowest BCUT2D eigenvalue weighted by Crippen LogP contribution is -2.56. The predicted molar refractivity (Wildman–Crippen MR) is 122 cm³/mol. The number of aliphatic carboxylic acids is 1. The average Bonchev–Trinajstić information content (AvgIpc) is 2.74. The van der Waals surface area contributed by atoms with Crippen LogP contribution in [0.5, 0.6) is 0 Å². The summed E-state index contributed by atoms with van der Waals surface area (Å²) < 4.78 is 6.18. The van der Waals surface area contributed by atoms with Gasteiger partial charge in [-0.3, -0.25) is 14.4 Å². The highest BCUT2D eigenvalue weighted by Crippen LogP contribution is 2.52. The van der Waals surface area contributed by atoms with Gasteiger partial charge in [-0.15, -0.1) is 0 Å². The lowest BCUT2D eigenvalue weighted by atomic mass is 9.59. The molecule has 7 heteroatoms. The van der Waals surface area contributed by atoms with Crippen molar-refractivity contribution in [2.24, 2.45) is 23.2 Å². The minimum Gasteiger partial charge on any atom is -0.481 e. The molecule has 2 N–H and O–H groups in total. The lowest BCUT2D eigenvalue weighted by Gasteiger charge is -2.47. The fourth-order valence-electron chi connectivity index (χ4n) is 5.54. The molecule has 0 aromatic heterocycles. The topological polar surface area (TPSA) is 95.9 Å². The van der Waals surface area contributed by atoms with Gasteiger partial charge in [0.25, 0.3) is 0 Å². The summed E-state index contributed by atoms with van der Waals surface area (Å²) in [7, 11) is 0. The Balaban J connectivity index is 1.55. The van der Waals surface area contributed by atoms with Crippen LogP contribution in [-0.2, 0) is 19.1 Å².